The highest BCUT2D eigenvalue weighted by Gasteiger charge is 2.24. The van der Waals surface area contributed by atoms with Gasteiger partial charge in [0.15, 0.2) is 0 Å². The summed E-state index contributed by atoms with van der Waals surface area (Å²) in [7, 11) is 1.52. The van der Waals surface area contributed by atoms with Gasteiger partial charge in [-0.1, -0.05) is 13.8 Å². The lowest BCUT2D eigenvalue weighted by Crippen LogP contribution is -2.49. The van der Waals surface area contributed by atoms with Crippen LogP contribution in [0.3, 0.4) is 0 Å². The normalized spacial score (nSPS) is 11.7. The highest BCUT2D eigenvalue weighted by atomic mass is 19.1. The Morgan fingerprint density at radius 3 is 2.50 bits per heavy atom. The van der Waals surface area contributed by atoms with E-state index in [1.54, 1.807) is 18.3 Å². The van der Waals surface area contributed by atoms with Crippen molar-refractivity contribution in [2.45, 2.75) is 26.4 Å². The van der Waals surface area contributed by atoms with Crippen LogP contribution >= 0.6 is 0 Å². The fourth-order valence-corrected chi connectivity index (χ4v) is 2.33. The van der Waals surface area contributed by atoms with E-state index < -0.39 is 17.8 Å². The van der Waals surface area contributed by atoms with Crippen LogP contribution in [0.25, 0.3) is 0 Å². The molecule has 2 N–H and O–H groups in total. The number of pyridine rings is 1. The van der Waals surface area contributed by atoms with Crippen molar-refractivity contribution in [3.63, 3.8) is 0 Å². The van der Waals surface area contributed by atoms with E-state index in [1.165, 1.54) is 31.4 Å². The van der Waals surface area contributed by atoms with Gasteiger partial charge in [0, 0.05) is 24.4 Å². The van der Waals surface area contributed by atoms with E-state index >= 15 is 0 Å². The second-order valence-corrected chi connectivity index (χ2v) is 6.13. The molecule has 0 aliphatic heterocycles. The molecule has 2 rings (SSSR count). The van der Waals surface area contributed by atoms with Crippen molar-refractivity contribution in [3.8, 4) is 5.88 Å². The maximum absolute atomic E-state index is 13.0. The first-order chi connectivity index (χ1) is 12.4. The molecule has 1 unspecified atom stereocenters. The number of rotatable bonds is 7. The van der Waals surface area contributed by atoms with Crippen molar-refractivity contribution in [2.24, 2.45) is 5.92 Å². The van der Waals surface area contributed by atoms with Gasteiger partial charge in [0.1, 0.15) is 11.9 Å². The zero-order chi connectivity index (χ0) is 19.1. The number of hydrogen-bond donors (Lipinski definition) is 2. The molecule has 0 saturated carbocycles. The predicted molar refractivity (Wildman–Crippen MR) is 95.1 cm³/mol. The number of halogens is 1. The first-order valence-corrected chi connectivity index (χ1v) is 8.23. The fourth-order valence-electron chi connectivity index (χ4n) is 2.33. The molecule has 0 fully saturated rings. The van der Waals surface area contributed by atoms with Crippen LogP contribution in [0.15, 0.2) is 42.6 Å². The minimum absolute atomic E-state index is 0.119. The zero-order valence-corrected chi connectivity index (χ0v) is 15.0. The molecule has 0 aliphatic carbocycles. The summed E-state index contributed by atoms with van der Waals surface area (Å²) in [6, 6.07) is 7.95. The SMILES string of the molecule is COc1cc(CNC(=O)C(NC(=O)c2ccc(F)cc2)C(C)C)ccn1. The smallest absolute Gasteiger partial charge is 0.251 e. The first-order valence-electron chi connectivity index (χ1n) is 8.23. The van der Waals surface area contributed by atoms with Crippen molar-refractivity contribution in [3.05, 3.63) is 59.5 Å². The zero-order valence-electron chi connectivity index (χ0n) is 15.0. The van der Waals surface area contributed by atoms with Gasteiger partial charge in [-0.15, -0.1) is 0 Å². The van der Waals surface area contributed by atoms with Crippen LogP contribution in [0.1, 0.15) is 29.8 Å². The highest BCUT2D eigenvalue weighted by molar-refractivity contribution is 5.97. The number of carbonyl (C=O) groups excluding carboxylic acids is 2. The molecule has 2 amide bonds. The van der Waals surface area contributed by atoms with Gasteiger partial charge in [-0.3, -0.25) is 9.59 Å². The Morgan fingerprint density at radius 1 is 1.19 bits per heavy atom. The topological polar surface area (TPSA) is 80.3 Å². The molecular formula is C19H22FN3O3. The van der Waals surface area contributed by atoms with Crippen LogP contribution < -0.4 is 15.4 Å². The Bertz CT molecular complexity index is 763. The maximum atomic E-state index is 13.0. The molecule has 0 saturated heterocycles. The number of aromatic nitrogens is 1. The summed E-state index contributed by atoms with van der Waals surface area (Å²) in [6.07, 6.45) is 1.59. The Hall–Kier alpha value is -2.96. The average Bonchev–Trinajstić information content (AvgIpc) is 2.64. The Labute approximate surface area is 151 Å². The van der Waals surface area contributed by atoms with Gasteiger partial charge in [-0.05, 0) is 41.8 Å². The van der Waals surface area contributed by atoms with E-state index in [1.807, 2.05) is 13.8 Å². The third-order valence-electron chi connectivity index (χ3n) is 3.82. The van der Waals surface area contributed by atoms with Gasteiger partial charge in [-0.2, -0.15) is 0 Å². The number of hydrogen-bond acceptors (Lipinski definition) is 4. The summed E-state index contributed by atoms with van der Waals surface area (Å²) in [4.78, 5) is 28.8. The molecule has 1 heterocycles. The lowest BCUT2D eigenvalue weighted by atomic mass is 10.0. The molecule has 138 valence electrons. The third kappa shape index (κ3) is 5.27. The summed E-state index contributed by atoms with van der Waals surface area (Å²) >= 11 is 0. The van der Waals surface area contributed by atoms with Crippen LogP contribution in [0.4, 0.5) is 4.39 Å². The summed E-state index contributed by atoms with van der Waals surface area (Å²) in [6.45, 7) is 3.96. The average molecular weight is 359 g/mol. The molecule has 1 aromatic heterocycles. The lowest BCUT2D eigenvalue weighted by molar-refractivity contribution is -0.124. The second-order valence-electron chi connectivity index (χ2n) is 6.13. The van der Waals surface area contributed by atoms with Crippen molar-refractivity contribution < 1.29 is 18.7 Å². The maximum Gasteiger partial charge on any atom is 0.251 e. The van der Waals surface area contributed by atoms with E-state index in [-0.39, 0.29) is 18.4 Å². The summed E-state index contributed by atoms with van der Waals surface area (Å²) in [5.74, 6) is -0.809. The Morgan fingerprint density at radius 2 is 1.88 bits per heavy atom. The molecule has 1 atom stereocenters. The minimum Gasteiger partial charge on any atom is -0.481 e. The van der Waals surface area contributed by atoms with E-state index in [0.29, 0.717) is 11.4 Å². The van der Waals surface area contributed by atoms with Crippen LogP contribution in [0.5, 0.6) is 5.88 Å². The quantitative estimate of drug-likeness (QED) is 0.795. The first kappa shape index (κ1) is 19.4. The number of nitrogens with one attached hydrogen (secondary N) is 2. The number of nitrogens with zero attached hydrogens (tertiary/aromatic N) is 1. The van der Waals surface area contributed by atoms with E-state index in [9.17, 15) is 14.0 Å². The highest BCUT2D eigenvalue weighted by Crippen LogP contribution is 2.10. The van der Waals surface area contributed by atoms with E-state index in [2.05, 4.69) is 15.6 Å². The molecule has 26 heavy (non-hydrogen) atoms. The van der Waals surface area contributed by atoms with Crippen LogP contribution in [-0.4, -0.2) is 29.9 Å². The predicted octanol–water partition coefficient (Wildman–Crippen LogP) is 2.30. The van der Waals surface area contributed by atoms with E-state index in [0.717, 1.165) is 5.56 Å². The van der Waals surface area contributed by atoms with Gasteiger partial charge in [0.25, 0.3) is 5.91 Å². The number of benzene rings is 1. The number of amides is 2. The molecular weight excluding hydrogens is 337 g/mol. The van der Waals surface area contributed by atoms with Crippen LogP contribution in [0, 0.1) is 11.7 Å². The van der Waals surface area contributed by atoms with Gasteiger partial charge >= 0.3 is 0 Å². The standard InChI is InChI=1S/C19H22FN3O3/c1-12(2)17(23-18(24)14-4-6-15(20)7-5-14)19(25)22-11-13-8-9-21-16(10-13)26-3/h4-10,12,17H,11H2,1-3H3,(H,22,25)(H,23,24). The largest absolute Gasteiger partial charge is 0.481 e. The molecule has 2 aromatic rings. The van der Waals surface area contributed by atoms with Gasteiger partial charge in [0.2, 0.25) is 11.8 Å². The Balaban J connectivity index is 2.00. The third-order valence-corrected chi connectivity index (χ3v) is 3.82. The summed E-state index contributed by atoms with van der Waals surface area (Å²) in [5, 5.41) is 5.50. The van der Waals surface area contributed by atoms with E-state index in [4.69, 9.17) is 4.74 Å². The fraction of sp³-hybridized carbons (Fsp3) is 0.316. The minimum atomic E-state index is -0.712. The van der Waals surface area contributed by atoms with Crippen molar-refractivity contribution in [2.75, 3.05) is 7.11 Å². The monoisotopic (exact) mass is 359 g/mol. The number of methoxy groups -OCH3 is 1. The van der Waals surface area contributed by atoms with Crippen molar-refractivity contribution in [1.29, 1.82) is 0 Å². The molecule has 0 aliphatic rings. The molecule has 1 aromatic carbocycles. The van der Waals surface area contributed by atoms with Crippen LogP contribution in [-0.2, 0) is 11.3 Å². The van der Waals surface area contributed by atoms with Crippen LogP contribution in [0.2, 0.25) is 0 Å². The summed E-state index contributed by atoms with van der Waals surface area (Å²) in [5.41, 5.74) is 1.13. The van der Waals surface area contributed by atoms with Gasteiger partial charge in [0.05, 0.1) is 7.11 Å². The van der Waals surface area contributed by atoms with Crippen molar-refractivity contribution in [1.82, 2.24) is 15.6 Å². The summed E-state index contributed by atoms with van der Waals surface area (Å²) < 4.78 is 18.0. The molecule has 0 spiro atoms. The molecule has 0 radical (unpaired) electrons. The van der Waals surface area contributed by atoms with Gasteiger partial charge < -0.3 is 15.4 Å². The van der Waals surface area contributed by atoms with Gasteiger partial charge in [-0.25, -0.2) is 9.37 Å². The van der Waals surface area contributed by atoms with Crippen molar-refractivity contribution >= 4 is 11.8 Å². The molecule has 6 nitrogen and oxygen atoms in total. The Kier molecular flexibility index (Phi) is 6.66. The molecule has 7 heteroatoms. The number of carbonyl (C=O) groups is 2. The second kappa shape index (κ2) is 8.94. The molecule has 0 bridgehead atoms. The number of ether oxygens (including phenoxy) is 1. The lowest BCUT2D eigenvalue weighted by Gasteiger charge is -2.22.